The molecule has 304 valence electrons. The molecule has 0 aromatic heterocycles. The molecular weight excluding hydrogens is 649 g/mol. The summed E-state index contributed by atoms with van der Waals surface area (Å²) in [4.78, 5) is 0. The van der Waals surface area contributed by atoms with E-state index in [2.05, 4.69) is 73.0 Å². The van der Waals surface area contributed by atoms with E-state index in [1.165, 1.54) is 178 Å². The maximum absolute atomic E-state index is 10.5. The first-order valence-electron chi connectivity index (χ1n) is 23.1. The Balaban J connectivity index is 1.43. The van der Waals surface area contributed by atoms with Crippen LogP contribution in [0.1, 0.15) is 218 Å². The average Bonchev–Trinajstić information content (AvgIpc) is 3.17. The number of benzene rings is 2. The van der Waals surface area contributed by atoms with Gasteiger partial charge in [0, 0.05) is 24.5 Å². The molecule has 53 heavy (non-hydrogen) atoms. The van der Waals surface area contributed by atoms with Crippen molar-refractivity contribution in [3.8, 4) is 0 Å². The lowest BCUT2D eigenvalue weighted by Gasteiger charge is -2.14. The van der Waals surface area contributed by atoms with Crippen LogP contribution in [0.4, 0.5) is 11.4 Å². The van der Waals surface area contributed by atoms with Crippen LogP contribution in [0.5, 0.6) is 0 Å². The van der Waals surface area contributed by atoms with E-state index in [9.17, 15) is 10.2 Å². The highest BCUT2D eigenvalue weighted by Gasteiger charge is 2.06. The van der Waals surface area contributed by atoms with E-state index in [0.29, 0.717) is 13.1 Å². The van der Waals surface area contributed by atoms with E-state index < -0.39 is 0 Å². The molecule has 2 aromatic rings. The van der Waals surface area contributed by atoms with Crippen molar-refractivity contribution < 1.29 is 10.2 Å². The standard InChI is InChI=1S/C49H86N2O2/c1-3-5-7-9-11-13-15-17-19-21-23-25-27-29-31-48(52)42-50-46-37-33-44(34-38-46)41-45-35-39-47(40-36-45)51-43-49(53)32-30-28-26-24-22-20-18-16-14-12-10-8-6-4-2/h33-40,48-53H,3-32,41-43H2,1-2H3. The van der Waals surface area contributed by atoms with Gasteiger partial charge < -0.3 is 20.8 Å². The lowest BCUT2D eigenvalue weighted by molar-refractivity contribution is 0.173. The van der Waals surface area contributed by atoms with Gasteiger partial charge in [-0.15, -0.1) is 0 Å². The van der Waals surface area contributed by atoms with Crippen molar-refractivity contribution in [2.75, 3.05) is 23.7 Å². The molecule has 4 heteroatoms. The second-order valence-corrected chi connectivity index (χ2v) is 16.4. The first kappa shape index (κ1) is 47.1. The molecule has 4 nitrogen and oxygen atoms in total. The molecule has 0 fully saturated rings. The number of aliphatic hydroxyl groups is 2. The SMILES string of the molecule is CCCCCCCCCCCCCCCCC(O)CNc1ccc(Cc2ccc(NCC(O)CCCCCCCCCCCCCCCC)cc2)cc1. The predicted octanol–water partition coefficient (Wildman–Crippen LogP) is 14.6. The monoisotopic (exact) mass is 735 g/mol. The topological polar surface area (TPSA) is 64.5 Å². The van der Waals surface area contributed by atoms with Gasteiger partial charge in [-0.3, -0.25) is 0 Å². The zero-order chi connectivity index (χ0) is 37.9. The van der Waals surface area contributed by atoms with Crippen molar-refractivity contribution in [3.05, 3.63) is 59.7 Å². The zero-order valence-corrected chi connectivity index (χ0v) is 35.0. The average molecular weight is 735 g/mol. The Kier molecular flexibility index (Phi) is 30.6. The fraction of sp³-hybridized carbons (Fsp3) is 0.755. The highest BCUT2D eigenvalue weighted by atomic mass is 16.3. The number of hydrogen-bond donors (Lipinski definition) is 4. The van der Waals surface area contributed by atoms with Crippen molar-refractivity contribution >= 4 is 11.4 Å². The largest absolute Gasteiger partial charge is 0.391 e. The van der Waals surface area contributed by atoms with Crippen molar-refractivity contribution in [2.45, 2.75) is 225 Å². The van der Waals surface area contributed by atoms with Crippen molar-refractivity contribution in [3.63, 3.8) is 0 Å². The van der Waals surface area contributed by atoms with Crippen LogP contribution >= 0.6 is 0 Å². The Hall–Kier alpha value is -2.04. The quantitative estimate of drug-likeness (QED) is 0.0519. The van der Waals surface area contributed by atoms with E-state index in [-0.39, 0.29) is 12.2 Å². The summed E-state index contributed by atoms with van der Waals surface area (Å²) in [6.07, 6.45) is 40.3. The van der Waals surface area contributed by atoms with Crippen LogP contribution < -0.4 is 10.6 Å². The summed E-state index contributed by atoms with van der Waals surface area (Å²) < 4.78 is 0. The Morgan fingerprint density at radius 1 is 0.358 bits per heavy atom. The third-order valence-electron chi connectivity index (χ3n) is 11.2. The molecule has 0 radical (unpaired) electrons. The van der Waals surface area contributed by atoms with Crippen LogP contribution in [0.2, 0.25) is 0 Å². The van der Waals surface area contributed by atoms with Gasteiger partial charge in [0.05, 0.1) is 12.2 Å². The fourth-order valence-corrected chi connectivity index (χ4v) is 7.54. The highest BCUT2D eigenvalue weighted by molar-refractivity contribution is 5.47. The highest BCUT2D eigenvalue weighted by Crippen LogP contribution is 2.19. The maximum Gasteiger partial charge on any atom is 0.0712 e. The molecule has 2 unspecified atom stereocenters. The maximum atomic E-state index is 10.5. The van der Waals surface area contributed by atoms with Gasteiger partial charge in [0.2, 0.25) is 0 Å². The Bertz CT molecular complexity index is 956. The third-order valence-corrected chi connectivity index (χ3v) is 11.2. The first-order chi connectivity index (χ1) is 26.1. The van der Waals surface area contributed by atoms with Crippen molar-refractivity contribution in [1.29, 1.82) is 0 Å². The van der Waals surface area contributed by atoms with Crippen LogP contribution in [-0.2, 0) is 6.42 Å². The summed E-state index contributed by atoms with van der Waals surface area (Å²) in [5, 5.41) is 27.8. The molecule has 4 N–H and O–H groups in total. The molecule has 0 amide bonds. The second kappa shape index (κ2) is 34.5. The molecule has 0 heterocycles. The van der Waals surface area contributed by atoms with Gasteiger partial charge in [-0.2, -0.15) is 0 Å². The minimum absolute atomic E-state index is 0.288. The summed E-state index contributed by atoms with van der Waals surface area (Å²) in [6.45, 7) is 5.80. The van der Waals surface area contributed by atoms with Crippen LogP contribution in [-0.4, -0.2) is 35.5 Å². The number of nitrogens with one attached hydrogen (secondary N) is 2. The van der Waals surface area contributed by atoms with Crippen LogP contribution in [0.25, 0.3) is 0 Å². The Morgan fingerprint density at radius 3 is 0.868 bits per heavy atom. The normalized spacial score (nSPS) is 12.6. The van der Waals surface area contributed by atoms with Gasteiger partial charge in [-0.1, -0.05) is 218 Å². The number of aliphatic hydroxyl groups excluding tert-OH is 2. The molecular formula is C49H86N2O2. The number of hydrogen-bond acceptors (Lipinski definition) is 4. The Labute approximate surface area is 329 Å². The summed E-state index contributed by atoms with van der Waals surface area (Å²) in [5.74, 6) is 0. The van der Waals surface area contributed by atoms with E-state index >= 15 is 0 Å². The lowest BCUT2D eigenvalue weighted by atomic mass is 10.0. The number of rotatable bonds is 38. The molecule has 2 rings (SSSR count). The Morgan fingerprint density at radius 2 is 0.604 bits per heavy atom. The first-order valence-corrected chi connectivity index (χ1v) is 23.1. The van der Waals surface area contributed by atoms with Gasteiger partial charge in [-0.05, 0) is 54.7 Å². The summed E-state index contributed by atoms with van der Waals surface area (Å²) >= 11 is 0. The smallest absolute Gasteiger partial charge is 0.0712 e. The van der Waals surface area contributed by atoms with Crippen LogP contribution in [0.15, 0.2) is 48.5 Å². The van der Waals surface area contributed by atoms with Gasteiger partial charge in [0.25, 0.3) is 0 Å². The molecule has 2 aromatic carbocycles. The van der Waals surface area contributed by atoms with Crippen LogP contribution in [0.3, 0.4) is 0 Å². The fourth-order valence-electron chi connectivity index (χ4n) is 7.54. The summed E-state index contributed by atoms with van der Waals surface area (Å²) in [6, 6.07) is 17.2. The number of anilines is 2. The third kappa shape index (κ3) is 28.1. The molecule has 0 saturated heterocycles. The second-order valence-electron chi connectivity index (χ2n) is 16.4. The molecule has 0 saturated carbocycles. The van der Waals surface area contributed by atoms with E-state index in [4.69, 9.17) is 0 Å². The summed E-state index contributed by atoms with van der Waals surface area (Å²) in [7, 11) is 0. The predicted molar refractivity (Wildman–Crippen MR) is 235 cm³/mol. The van der Waals surface area contributed by atoms with Crippen molar-refractivity contribution in [2.24, 2.45) is 0 Å². The minimum atomic E-state index is -0.288. The van der Waals surface area contributed by atoms with Crippen LogP contribution in [0, 0.1) is 0 Å². The molecule has 0 aliphatic heterocycles. The van der Waals surface area contributed by atoms with Gasteiger partial charge >= 0.3 is 0 Å². The van der Waals surface area contributed by atoms with Gasteiger partial charge in [-0.25, -0.2) is 0 Å². The van der Waals surface area contributed by atoms with Crippen molar-refractivity contribution in [1.82, 2.24) is 0 Å². The van der Waals surface area contributed by atoms with E-state index in [1.807, 2.05) is 0 Å². The summed E-state index contributed by atoms with van der Waals surface area (Å²) in [5.41, 5.74) is 4.70. The van der Waals surface area contributed by atoms with E-state index in [0.717, 1.165) is 43.5 Å². The molecule has 2 atom stereocenters. The molecule has 0 aliphatic carbocycles. The van der Waals surface area contributed by atoms with Gasteiger partial charge in [0.1, 0.15) is 0 Å². The molecule has 0 aliphatic rings. The minimum Gasteiger partial charge on any atom is -0.391 e. The van der Waals surface area contributed by atoms with E-state index in [1.54, 1.807) is 0 Å². The molecule has 0 bridgehead atoms. The van der Waals surface area contributed by atoms with Gasteiger partial charge in [0.15, 0.2) is 0 Å². The number of unbranched alkanes of at least 4 members (excludes halogenated alkanes) is 26. The lowest BCUT2D eigenvalue weighted by Crippen LogP contribution is -2.19. The zero-order valence-electron chi connectivity index (χ0n) is 35.0. The molecule has 0 spiro atoms.